The van der Waals surface area contributed by atoms with E-state index < -0.39 is 55.8 Å². The number of hydrogen-bond acceptors (Lipinski definition) is 7. The molecular formula is C50H80O7Si6. The van der Waals surface area contributed by atoms with Crippen LogP contribution in [0.15, 0.2) is 111 Å². The molecule has 63 heavy (non-hydrogen) atoms. The van der Waals surface area contributed by atoms with E-state index in [1.54, 1.807) is 7.11 Å². The van der Waals surface area contributed by atoms with Gasteiger partial charge in [-0.2, -0.15) is 0 Å². The fourth-order valence-electron chi connectivity index (χ4n) is 8.40. The van der Waals surface area contributed by atoms with Crippen molar-refractivity contribution in [2.75, 3.05) is 7.11 Å². The van der Waals surface area contributed by atoms with Gasteiger partial charge in [-0.1, -0.05) is 98.8 Å². The molecule has 0 amide bonds. The normalized spacial score (nSPS) is 14.2. The quantitative estimate of drug-likeness (QED) is 0.0426. The van der Waals surface area contributed by atoms with Crippen LogP contribution in [-0.4, -0.2) is 63.5 Å². The van der Waals surface area contributed by atoms with Crippen LogP contribution in [0.1, 0.15) is 54.2 Å². The molecule has 0 saturated heterocycles. The first-order valence-corrected chi connectivity index (χ1v) is 39.6. The van der Waals surface area contributed by atoms with Gasteiger partial charge in [0.1, 0.15) is 11.5 Å². The summed E-state index contributed by atoms with van der Waals surface area (Å²) in [6.45, 7) is 49.1. The number of carbonyl (C=O) groups excluding carboxylic acids is 1. The molecule has 4 rings (SSSR count). The highest BCUT2D eigenvalue weighted by atomic mass is 28.5. The molecule has 0 bridgehead atoms. The fraction of sp³-hybridized carbons (Fsp3) is 0.420. The molecule has 0 aliphatic carbocycles. The van der Waals surface area contributed by atoms with Gasteiger partial charge in [0.2, 0.25) is 0 Å². The van der Waals surface area contributed by atoms with Crippen molar-refractivity contribution in [1.29, 1.82) is 0 Å². The number of ether oxygens (including phenoxy) is 2. The molecule has 0 N–H and O–H groups in total. The largest absolute Gasteiger partial charge is 0.496 e. The van der Waals surface area contributed by atoms with Gasteiger partial charge in [0.05, 0.1) is 7.11 Å². The Labute approximate surface area is 389 Å². The highest BCUT2D eigenvalue weighted by Crippen LogP contribution is 2.41. The van der Waals surface area contributed by atoms with Gasteiger partial charge in [0.15, 0.2) is 33.3 Å². The van der Waals surface area contributed by atoms with Crippen LogP contribution in [0.25, 0.3) is 0 Å². The highest BCUT2D eigenvalue weighted by molar-refractivity contribution is 6.95. The molecule has 0 aromatic heterocycles. The molecule has 0 fully saturated rings. The van der Waals surface area contributed by atoms with E-state index in [1.165, 1.54) is 12.5 Å². The molecule has 0 saturated carbocycles. The average molecular weight is 962 g/mol. The van der Waals surface area contributed by atoms with E-state index in [9.17, 15) is 4.79 Å². The van der Waals surface area contributed by atoms with E-state index in [4.69, 9.17) is 25.9 Å². The van der Waals surface area contributed by atoms with Gasteiger partial charge in [-0.15, -0.1) is 26.3 Å². The van der Waals surface area contributed by atoms with Crippen molar-refractivity contribution in [3.63, 3.8) is 0 Å². The molecule has 0 radical (unpaired) electrons. The standard InChI is InChI=1S/C46H72O7Si6.2C2H4/c1-35-29-40(31-38(44(35)48-6)33-56(13,14)52-58(17,50-54(7,8)9)42-25-21-19-22-26-42)46(4,5)41-30-36(2)45(49-37(3)47)39(32-41)34-57(15,16)53-59(18,51-55(10,11)12)43-27-23-20-24-28-43;2*1-2/h19-32H,33-34H2,1-18H3;2*1-2H2. The summed E-state index contributed by atoms with van der Waals surface area (Å²) in [7, 11) is -12.6. The lowest BCUT2D eigenvalue weighted by Crippen LogP contribution is -2.61. The molecule has 0 aliphatic rings. The zero-order chi connectivity index (χ0) is 48.4. The van der Waals surface area contributed by atoms with Crippen LogP contribution in [0.4, 0.5) is 0 Å². The van der Waals surface area contributed by atoms with E-state index in [0.29, 0.717) is 11.8 Å². The van der Waals surface area contributed by atoms with Gasteiger partial charge in [-0.25, -0.2) is 0 Å². The molecule has 0 heterocycles. The Morgan fingerprint density at radius 2 is 0.873 bits per heavy atom. The van der Waals surface area contributed by atoms with Crippen molar-refractivity contribution < 1.29 is 30.7 Å². The van der Waals surface area contributed by atoms with E-state index in [-0.39, 0.29) is 5.97 Å². The SMILES string of the molecule is C=C.C=C.COc1c(C)cc(C(C)(C)c2cc(C)c(OC(C)=O)c(C[Si](C)(C)O[Si](C)(O[Si](C)(C)C)c3ccccc3)c2)cc1C[Si](C)(C)O[Si](C)(O[Si](C)(C)C)c1ccccc1. The van der Waals surface area contributed by atoms with Crippen LogP contribution in [-0.2, 0) is 38.8 Å². The first-order chi connectivity index (χ1) is 29.0. The third-order valence-corrected chi connectivity index (χ3v) is 31.1. The van der Waals surface area contributed by atoms with Crippen LogP contribution < -0.4 is 19.8 Å². The lowest BCUT2D eigenvalue weighted by atomic mass is 9.76. The Bertz CT molecular complexity index is 2110. The smallest absolute Gasteiger partial charge is 0.348 e. The third kappa shape index (κ3) is 16.0. The zero-order valence-corrected chi connectivity index (χ0v) is 48.2. The maximum atomic E-state index is 12.6. The summed E-state index contributed by atoms with van der Waals surface area (Å²) >= 11 is 0. The Balaban J connectivity index is 0.00000331. The summed E-state index contributed by atoms with van der Waals surface area (Å²) in [4.78, 5) is 12.6. The molecular weight excluding hydrogens is 881 g/mol. The Morgan fingerprint density at radius 1 is 0.540 bits per heavy atom. The molecule has 2 unspecified atom stereocenters. The molecule has 2 atom stereocenters. The minimum atomic E-state index is -2.81. The van der Waals surface area contributed by atoms with Crippen molar-refractivity contribution in [1.82, 2.24) is 0 Å². The fourth-order valence-corrected chi connectivity index (χ4v) is 33.7. The molecule has 0 aliphatic heterocycles. The highest BCUT2D eigenvalue weighted by Gasteiger charge is 2.46. The monoisotopic (exact) mass is 960 g/mol. The van der Waals surface area contributed by atoms with Gasteiger partial charge in [0.25, 0.3) is 0 Å². The van der Waals surface area contributed by atoms with Crippen molar-refractivity contribution >= 4 is 66.7 Å². The summed E-state index contributed by atoms with van der Waals surface area (Å²) in [5, 5.41) is 2.30. The number of esters is 1. The van der Waals surface area contributed by atoms with E-state index in [0.717, 1.165) is 50.0 Å². The Kier molecular flexibility index (Phi) is 19.8. The molecule has 13 heteroatoms. The van der Waals surface area contributed by atoms with E-state index in [1.807, 2.05) is 13.0 Å². The van der Waals surface area contributed by atoms with Crippen LogP contribution in [0, 0.1) is 13.8 Å². The van der Waals surface area contributed by atoms with Gasteiger partial charge in [-0.3, -0.25) is 4.79 Å². The van der Waals surface area contributed by atoms with Crippen molar-refractivity contribution in [2.45, 2.75) is 131 Å². The van der Waals surface area contributed by atoms with Gasteiger partial charge in [0, 0.05) is 12.3 Å². The summed E-state index contributed by atoms with van der Waals surface area (Å²) in [5.74, 6) is 1.19. The van der Waals surface area contributed by atoms with E-state index in [2.05, 4.69) is 205 Å². The van der Waals surface area contributed by atoms with Crippen LogP contribution in [0.5, 0.6) is 11.5 Å². The first kappa shape index (κ1) is 55.9. The summed E-state index contributed by atoms with van der Waals surface area (Å²) in [6.07, 6.45) is 0. The third-order valence-electron chi connectivity index (χ3n) is 10.4. The van der Waals surface area contributed by atoms with Crippen LogP contribution >= 0.6 is 0 Å². The predicted molar refractivity (Wildman–Crippen MR) is 284 cm³/mol. The van der Waals surface area contributed by atoms with E-state index >= 15 is 0 Å². The number of methoxy groups -OCH3 is 1. The molecule has 7 nitrogen and oxygen atoms in total. The van der Waals surface area contributed by atoms with Gasteiger partial charge in [-0.05, 0) is 148 Å². The van der Waals surface area contributed by atoms with Crippen LogP contribution in [0.2, 0.25) is 78.6 Å². The molecule has 0 spiro atoms. The average Bonchev–Trinajstić information content (AvgIpc) is 3.16. The molecule has 4 aromatic rings. The minimum absolute atomic E-state index is 0.335. The second kappa shape index (κ2) is 22.3. The van der Waals surface area contributed by atoms with Crippen molar-refractivity contribution in [2.24, 2.45) is 0 Å². The number of aryl methyl sites for hydroxylation is 2. The number of benzene rings is 4. The topological polar surface area (TPSA) is 72.5 Å². The summed E-state index contributed by atoms with van der Waals surface area (Å²) < 4.78 is 40.7. The first-order valence-electron chi connectivity index (χ1n) is 21.9. The predicted octanol–water partition coefficient (Wildman–Crippen LogP) is 12.4. The lowest BCUT2D eigenvalue weighted by Gasteiger charge is -2.40. The molecule has 4 aromatic carbocycles. The number of carbonyl (C=O) groups is 1. The Hall–Kier alpha value is -3.23. The van der Waals surface area contributed by atoms with Crippen molar-refractivity contribution in [3.8, 4) is 11.5 Å². The van der Waals surface area contributed by atoms with Gasteiger partial charge < -0.3 is 25.9 Å². The van der Waals surface area contributed by atoms with Crippen molar-refractivity contribution in [3.05, 3.63) is 145 Å². The second-order valence-electron chi connectivity index (χ2n) is 20.1. The maximum absolute atomic E-state index is 12.6. The summed E-state index contributed by atoms with van der Waals surface area (Å²) in [5.41, 5.74) is 6.05. The van der Waals surface area contributed by atoms with Gasteiger partial charge >= 0.3 is 23.1 Å². The maximum Gasteiger partial charge on any atom is 0.348 e. The molecule has 346 valence electrons. The minimum Gasteiger partial charge on any atom is -0.496 e. The number of hydrogen-bond donors (Lipinski definition) is 0. The summed E-state index contributed by atoms with van der Waals surface area (Å²) in [6, 6.07) is 31.4. The van der Waals surface area contributed by atoms with Crippen LogP contribution in [0.3, 0.4) is 0 Å². The number of rotatable bonds is 18. The zero-order valence-electron chi connectivity index (χ0n) is 42.2. The Morgan fingerprint density at radius 3 is 1.19 bits per heavy atom. The second-order valence-corrected chi connectivity index (χ2v) is 44.5. The lowest BCUT2D eigenvalue weighted by molar-refractivity contribution is -0.132.